The number of amides is 1. The summed E-state index contributed by atoms with van der Waals surface area (Å²) in [7, 11) is 0. The predicted molar refractivity (Wildman–Crippen MR) is 106 cm³/mol. The Morgan fingerprint density at radius 3 is 1.62 bits per heavy atom. The molecule has 0 aromatic rings. The van der Waals surface area contributed by atoms with E-state index in [-0.39, 0.29) is 51.6 Å². The Hall–Kier alpha value is -1.62. The van der Waals surface area contributed by atoms with Gasteiger partial charge in [0, 0.05) is 58.8 Å². The van der Waals surface area contributed by atoms with Crippen molar-refractivity contribution < 1.29 is 44.3 Å². The summed E-state index contributed by atoms with van der Waals surface area (Å²) in [6.07, 6.45) is 4.04. The van der Waals surface area contributed by atoms with Crippen molar-refractivity contribution in [1.82, 2.24) is 4.90 Å². The van der Waals surface area contributed by atoms with Crippen molar-refractivity contribution >= 4 is 17.9 Å². The quantitative estimate of drug-likeness (QED) is 0.190. The van der Waals surface area contributed by atoms with E-state index in [0.717, 1.165) is 6.42 Å². The number of carbonyl (C=O) groups is 3. The van der Waals surface area contributed by atoms with Gasteiger partial charge in [0.05, 0.1) is 0 Å². The van der Waals surface area contributed by atoms with E-state index in [1.54, 1.807) is 4.90 Å². The molecule has 0 spiro atoms. The van der Waals surface area contributed by atoms with Crippen LogP contribution in [0.5, 0.6) is 0 Å². The molecular weight excluding hydrogens is 389 g/mol. The highest BCUT2D eigenvalue weighted by Gasteiger charge is 2.09. The highest BCUT2D eigenvalue weighted by Crippen LogP contribution is 1.99. The van der Waals surface area contributed by atoms with Crippen molar-refractivity contribution in [3.05, 3.63) is 0 Å². The molecule has 0 fully saturated rings. The van der Waals surface area contributed by atoms with E-state index >= 15 is 0 Å². The molecule has 0 atom stereocenters. The summed E-state index contributed by atoms with van der Waals surface area (Å²) in [6.45, 7) is 3.41. The van der Waals surface area contributed by atoms with Crippen LogP contribution >= 0.6 is 0 Å². The second-order valence-corrected chi connectivity index (χ2v) is 5.99. The summed E-state index contributed by atoms with van der Waals surface area (Å²) in [5.41, 5.74) is 0. The van der Waals surface area contributed by atoms with Gasteiger partial charge in [-0.05, 0) is 39.0 Å². The molecule has 0 aliphatic rings. The maximum Gasteiger partial charge on any atom is 0.303 e. The number of nitrogens with zero attached hydrogens (tertiary/aromatic N) is 1. The van der Waals surface area contributed by atoms with Gasteiger partial charge in [0.25, 0.3) is 0 Å². The van der Waals surface area contributed by atoms with Crippen molar-refractivity contribution in [2.75, 3.05) is 39.5 Å². The summed E-state index contributed by atoms with van der Waals surface area (Å²) in [4.78, 5) is 32.4. The molecule has 0 heterocycles. The Balaban J connectivity index is -0.000000370. The van der Waals surface area contributed by atoms with Crippen LogP contribution in [0, 0.1) is 0 Å². The summed E-state index contributed by atoms with van der Waals surface area (Å²) in [5, 5.41) is 41.6. The van der Waals surface area contributed by atoms with Gasteiger partial charge in [0.1, 0.15) is 0 Å². The normalized spacial score (nSPS) is 9.59. The number of unbranched alkanes of at least 4 members (excludes halogenated alkanes) is 2. The lowest BCUT2D eigenvalue weighted by Gasteiger charge is -2.20. The average molecular weight is 428 g/mol. The fourth-order valence-corrected chi connectivity index (χ4v) is 1.89. The van der Waals surface area contributed by atoms with Crippen molar-refractivity contribution in [1.29, 1.82) is 0 Å². The summed E-state index contributed by atoms with van der Waals surface area (Å²) >= 11 is 0. The van der Waals surface area contributed by atoms with Gasteiger partial charge >= 0.3 is 12.0 Å². The number of hydrogen-bond acceptors (Lipinski definition) is 7. The zero-order chi connectivity index (χ0) is 22.9. The number of carbonyl (C=O) groups excluding carboxylic acids is 2. The standard InChI is InChI=1S/C9H19NO3.C6H12O3.C4H7FO2/c1-2-10(6-4-8-12)9(13)5-3-7-11;7-5-3-1-2-4-6(8)9;5-4(7)2-1-3-6/h11-12H,2-8H2,1H3;7H,1-5H2,(H,8,9);6H,1-3H2. The van der Waals surface area contributed by atoms with E-state index in [1.165, 1.54) is 0 Å². The largest absolute Gasteiger partial charge is 0.481 e. The number of halogens is 1. The molecular formula is C19H38FNO8. The minimum Gasteiger partial charge on any atom is -0.481 e. The van der Waals surface area contributed by atoms with E-state index in [0.29, 0.717) is 45.2 Å². The van der Waals surface area contributed by atoms with Gasteiger partial charge in [-0.15, -0.1) is 0 Å². The maximum atomic E-state index is 11.4. The van der Waals surface area contributed by atoms with Crippen molar-refractivity contribution in [3.8, 4) is 0 Å². The highest BCUT2D eigenvalue weighted by atomic mass is 19.1. The van der Waals surface area contributed by atoms with Crippen LogP contribution in [0.2, 0.25) is 0 Å². The van der Waals surface area contributed by atoms with Gasteiger partial charge in [-0.1, -0.05) is 6.42 Å². The minimum absolute atomic E-state index is 0.0588. The Morgan fingerprint density at radius 2 is 1.24 bits per heavy atom. The van der Waals surface area contributed by atoms with Gasteiger partial charge in [-0.2, -0.15) is 4.39 Å². The smallest absolute Gasteiger partial charge is 0.303 e. The summed E-state index contributed by atoms with van der Waals surface area (Å²) in [5.74, 6) is -0.696. The third kappa shape index (κ3) is 31.3. The number of carboxylic acid groups (broad SMARTS) is 1. The fraction of sp³-hybridized carbons (Fsp3) is 0.842. The monoisotopic (exact) mass is 427 g/mol. The van der Waals surface area contributed by atoms with E-state index in [9.17, 15) is 18.8 Å². The Morgan fingerprint density at radius 1 is 0.724 bits per heavy atom. The van der Waals surface area contributed by atoms with Crippen LogP contribution in [0.4, 0.5) is 4.39 Å². The Kier molecular flexibility index (Phi) is 29.2. The highest BCUT2D eigenvalue weighted by molar-refractivity contribution is 5.76. The lowest BCUT2D eigenvalue weighted by molar-refractivity contribution is -0.137. The zero-order valence-corrected chi connectivity index (χ0v) is 17.4. The van der Waals surface area contributed by atoms with Crippen LogP contribution in [-0.4, -0.2) is 87.9 Å². The molecule has 0 aromatic carbocycles. The molecule has 29 heavy (non-hydrogen) atoms. The van der Waals surface area contributed by atoms with Crippen LogP contribution in [0.3, 0.4) is 0 Å². The number of hydrogen-bond donors (Lipinski definition) is 5. The van der Waals surface area contributed by atoms with Crippen LogP contribution in [-0.2, 0) is 14.4 Å². The number of aliphatic hydroxyl groups excluding tert-OH is 4. The first-order chi connectivity index (χ1) is 13.8. The van der Waals surface area contributed by atoms with E-state index in [2.05, 4.69) is 0 Å². The zero-order valence-electron chi connectivity index (χ0n) is 17.4. The molecule has 0 aromatic heterocycles. The third-order valence-electron chi connectivity index (χ3n) is 3.45. The molecule has 0 rings (SSSR count). The lowest BCUT2D eigenvalue weighted by atomic mass is 10.2. The molecule has 0 saturated carbocycles. The van der Waals surface area contributed by atoms with Crippen LogP contribution in [0.1, 0.15) is 64.7 Å². The molecule has 0 aliphatic heterocycles. The first-order valence-corrected chi connectivity index (χ1v) is 9.91. The fourth-order valence-electron chi connectivity index (χ4n) is 1.89. The molecule has 0 saturated heterocycles. The summed E-state index contributed by atoms with van der Waals surface area (Å²) in [6, 6.07) is -1.35. The molecule has 9 nitrogen and oxygen atoms in total. The van der Waals surface area contributed by atoms with Gasteiger partial charge in [-0.3, -0.25) is 14.4 Å². The van der Waals surface area contributed by atoms with Gasteiger partial charge in [0.15, 0.2) is 0 Å². The average Bonchev–Trinajstić information content (AvgIpc) is 2.69. The van der Waals surface area contributed by atoms with Crippen molar-refractivity contribution in [2.24, 2.45) is 0 Å². The molecule has 1 amide bonds. The summed E-state index contributed by atoms with van der Waals surface area (Å²) < 4.78 is 11.1. The van der Waals surface area contributed by atoms with Gasteiger partial charge in [-0.25, -0.2) is 0 Å². The molecule has 174 valence electrons. The maximum absolute atomic E-state index is 11.4. The van der Waals surface area contributed by atoms with E-state index in [1.807, 2.05) is 6.92 Å². The Bertz CT molecular complexity index is 396. The number of aliphatic hydroxyl groups is 4. The second kappa shape index (κ2) is 26.4. The molecule has 0 aliphatic carbocycles. The number of aliphatic carboxylic acids is 1. The first-order valence-electron chi connectivity index (χ1n) is 9.91. The topological polar surface area (TPSA) is 156 Å². The first kappa shape index (κ1) is 32.1. The van der Waals surface area contributed by atoms with Gasteiger partial charge in [0.2, 0.25) is 5.91 Å². The minimum atomic E-state index is -1.35. The van der Waals surface area contributed by atoms with Crippen molar-refractivity contribution in [2.45, 2.75) is 64.7 Å². The van der Waals surface area contributed by atoms with Crippen LogP contribution < -0.4 is 0 Å². The molecule has 0 bridgehead atoms. The van der Waals surface area contributed by atoms with Crippen LogP contribution in [0.25, 0.3) is 0 Å². The van der Waals surface area contributed by atoms with Crippen LogP contribution in [0.15, 0.2) is 0 Å². The van der Waals surface area contributed by atoms with E-state index < -0.39 is 12.0 Å². The van der Waals surface area contributed by atoms with Crippen molar-refractivity contribution in [3.63, 3.8) is 0 Å². The molecule has 10 heteroatoms. The second-order valence-electron chi connectivity index (χ2n) is 5.99. The molecule has 0 radical (unpaired) electrons. The van der Waals surface area contributed by atoms with Gasteiger partial charge < -0.3 is 30.4 Å². The molecule has 5 N–H and O–H groups in total. The Labute approximate surface area is 172 Å². The molecule has 0 unspecified atom stereocenters. The van der Waals surface area contributed by atoms with E-state index in [4.69, 9.17) is 25.5 Å². The third-order valence-corrected chi connectivity index (χ3v) is 3.45. The number of rotatable bonds is 15. The lowest BCUT2D eigenvalue weighted by Crippen LogP contribution is -2.32. The predicted octanol–water partition coefficient (Wildman–Crippen LogP) is 0.868. The SMILES string of the molecule is CCN(CCCO)C(=O)CCCO.O=C(F)CCCO.O=C(O)CCCCCO. The number of carboxylic acids is 1.